The quantitative estimate of drug-likeness (QED) is 0.803. The first-order valence-corrected chi connectivity index (χ1v) is 7.62. The summed E-state index contributed by atoms with van der Waals surface area (Å²) in [5, 5.41) is 18.4. The molecule has 3 aromatic heterocycles. The summed E-state index contributed by atoms with van der Waals surface area (Å²) in [6.45, 7) is 6.01. The molecule has 0 amide bonds. The van der Waals surface area contributed by atoms with E-state index in [0.29, 0.717) is 6.42 Å². The summed E-state index contributed by atoms with van der Waals surface area (Å²) in [6.07, 6.45) is 6.74. The van der Waals surface area contributed by atoms with Crippen LogP contribution in [0.25, 0.3) is 16.8 Å². The molecular formula is C17H20N4O. The lowest BCUT2D eigenvalue weighted by Crippen LogP contribution is -2.04. The van der Waals surface area contributed by atoms with Crippen molar-refractivity contribution < 1.29 is 5.11 Å². The Hall–Kier alpha value is -2.27. The van der Waals surface area contributed by atoms with Crippen LogP contribution in [0.2, 0.25) is 0 Å². The lowest BCUT2D eigenvalue weighted by atomic mass is 9.94. The molecule has 0 radical (unpaired) electrons. The van der Waals surface area contributed by atoms with Crippen LogP contribution in [-0.4, -0.2) is 24.7 Å². The van der Waals surface area contributed by atoms with Gasteiger partial charge < -0.3 is 5.11 Å². The second-order valence-corrected chi connectivity index (χ2v) is 5.43. The number of aliphatic hydroxyl groups is 1. The molecule has 0 aliphatic carbocycles. The molecule has 1 N–H and O–H groups in total. The first kappa shape index (κ1) is 14.7. The van der Waals surface area contributed by atoms with Crippen LogP contribution in [0.15, 0.2) is 30.7 Å². The Morgan fingerprint density at radius 2 is 2.00 bits per heavy atom. The summed E-state index contributed by atoms with van der Waals surface area (Å²) < 4.78 is 1.97. The Kier molecular flexibility index (Phi) is 3.90. The fourth-order valence-electron chi connectivity index (χ4n) is 2.82. The van der Waals surface area contributed by atoms with Crippen molar-refractivity contribution in [2.45, 2.75) is 39.7 Å². The molecule has 0 saturated carbocycles. The maximum atomic E-state index is 10.2. The Morgan fingerprint density at radius 1 is 1.18 bits per heavy atom. The molecule has 22 heavy (non-hydrogen) atoms. The van der Waals surface area contributed by atoms with Crippen molar-refractivity contribution in [1.82, 2.24) is 19.6 Å². The van der Waals surface area contributed by atoms with Crippen LogP contribution < -0.4 is 0 Å². The highest BCUT2D eigenvalue weighted by molar-refractivity contribution is 5.68. The first-order chi connectivity index (χ1) is 10.7. The molecule has 1 unspecified atom stereocenters. The molecule has 5 nitrogen and oxygen atoms in total. The molecule has 0 saturated heterocycles. The number of hydrogen-bond donors (Lipinski definition) is 1. The maximum absolute atomic E-state index is 10.2. The van der Waals surface area contributed by atoms with Gasteiger partial charge in [0.05, 0.1) is 6.10 Å². The summed E-state index contributed by atoms with van der Waals surface area (Å²) >= 11 is 0. The minimum atomic E-state index is -0.470. The van der Waals surface area contributed by atoms with Crippen LogP contribution in [0.1, 0.15) is 43.3 Å². The molecule has 3 aromatic rings. The zero-order valence-electron chi connectivity index (χ0n) is 13.1. The van der Waals surface area contributed by atoms with Crippen LogP contribution >= 0.6 is 0 Å². The van der Waals surface area contributed by atoms with Gasteiger partial charge in [-0.2, -0.15) is 0 Å². The van der Waals surface area contributed by atoms with Gasteiger partial charge in [-0.15, -0.1) is 10.2 Å². The van der Waals surface area contributed by atoms with Gasteiger partial charge in [0.15, 0.2) is 5.65 Å². The van der Waals surface area contributed by atoms with Gasteiger partial charge >= 0.3 is 0 Å². The van der Waals surface area contributed by atoms with Crippen LogP contribution in [0.3, 0.4) is 0 Å². The fourth-order valence-corrected chi connectivity index (χ4v) is 2.82. The van der Waals surface area contributed by atoms with E-state index >= 15 is 0 Å². The van der Waals surface area contributed by atoms with E-state index in [4.69, 9.17) is 0 Å². The van der Waals surface area contributed by atoms with Crippen LogP contribution in [0, 0.1) is 6.92 Å². The predicted molar refractivity (Wildman–Crippen MR) is 85.6 cm³/mol. The number of hydrogen-bond acceptors (Lipinski definition) is 4. The van der Waals surface area contributed by atoms with E-state index in [1.165, 1.54) is 0 Å². The lowest BCUT2D eigenvalue weighted by molar-refractivity contribution is 0.172. The van der Waals surface area contributed by atoms with Crippen molar-refractivity contribution in [3.05, 3.63) is 47.7 Å². The van der Waals surface area contributed by atoms with Crippen molar-refractivity contribution in [2.24, 2.45) is 0 Å². The van der Waals surface area contributed by atoms with E-state index in [0.717, 1.165) is 40.1 Å². The molecule has 114 valence electrons. The van der Waals surface area contributed by atoms with Crippen molar-refractivity contribution in [1.29, 1.82) is 0 Å². The average Bonchev–Trinajstić information content (AvgIpc) is 2.94. The topological polar surface area (TPSA) is 63.3 Å². The maximum Gasteiger partial charge on any atom is 0.160 e. The van der Waals surface area contributed by atoms with Gasteiger partial charge in [0.1, 0.15) is 5.82 Å². The van der Waals surface area contributed by atoms with Crippen LogP contribution in [0.5, 0.6) is 0 Å². The summed E-state index contributed by atoms with van der Waals surface area (Å²) in [6, 6.07) is 3.99. The van der Waals surface area contributed by atoms with Gasteiger partial charge in [-0.25, -0.2) is 0 Å². The van der Waals surface area contributed by atoms with Crippen LogP contribution in [0.4, 0.5) is 0 Å². The Morgan fingerprint density at radius 3 is 2.73 bits per heavy atom. The van der Waals surface area contributed by atoms with E-state index in [1.807, 2.05) is 42.8 Å². The minimum Gasteiger partial charge on any atom is -0.388 e. The van der Waals surface area contributed by atoms with E-state index in [2.05, 4.69) is 22.1 Å². The van der Waals surface area contributed by atoms with E-state index in [-0.39, 0.29) is 0 Å². The molecular weight excluding hydrogens is 276 g/mol. The lowest BCUT2D eigenvalue weighted by Gasteiger charge is -2.16. The number of nitrogens with zero attached hydrogens (tertiary/aromatic N) is 4. The second kappa shape index (κ2) is 5.85. The van der Waals surface area contributed by atoms with E-state index < -0.39 is 6.10 Å². The van der Waals surface area contributed by atoms with E-state index in [9.17, 15) is 5.11 Å². The molecule has 0 fully saturated rings. The van der Waals surface area contributed by atoms with E-state index in [1.54, 1.807) is 6.20 Å². The number of pyridine rings is 2. The second-order valence-electron chi connectivity index (χ2n) is 5.43. The standard InChI is InChI=1S/C17H20N4O/c1-4-13-14(8-18-9-15(13)16(22)5-2)12-6-7-17-20-19-11(3)21(17)10-12/h6-10,16,22H,4-5H2,1-3H3. The third-order valence-corrected chi connectivity index (χ3v) is 4.07. The zero-order chi connectivity index (χ0) is 15.7. The Labute approximate surface area is 129 Å². The van der Waals surface area contributed by atoms with Crippen molar-refractivity contribution in [2.75, 3.05) is 0 Å². The fraction of sp³-hybridized carbons (Fsp3) is 0.353. The predicted octanol–water partition coefficient (Wildman–Crippen LogP) is 3.11. The highest BCUT2D eigenvalue weighted by Gasteiger charge is 2.15. The van der Waals surface area contributed by atoms with Crippen molar-refractivity contribution in [3.63, 3.8) is 0 Å². The summed E-state index contributed by atoms with van der Waals surface area (Å²) in [7, 11) is 0. The average molecular weight is 296 g/mol. The van der Waals surface area contributed by atoms with Gasteiger partial charge in [-0.05, 0) is 37.5 Å². The first-order valence-electron chi connectivity index (χ1n) is 7.62. The molecule has 0 spiro atoms. The van der Waals surface area contributed by atoms with Crippen LogP contribution in [-0.2, 0) is 6.42 Å². The number of rotatable bonds is 4. The van der Waals surface area contributed by atoms with Gasteiger partial charge in [-0.1, -0.05) is 13.8 Å². The molecule has 3 rings (SSSR count). The summed E-state index contributed by atoms with van der Waals surface area (Å²) in [5.74, 6) is 0.854. The molecule has 1 atom stereocenters. The highest BCUT2D eigenvalue weighted by Crippen LogP contribution is 2.30. The molecule has 3 heterocycles. The zero-order valence-corrected chi connectivity index (χ0v) is 13.1. The monoisotopic (exact) mass is 296 g/mol. The minimum absolute atomic E-state index is 0.470. The number of fused-ring (bicyclic) bond motifs is 1. The SMILES string of the molecule is CCc1c(-c2ccc3nnc(C)n3c2)cncc1C(O)CC. The normalized spacial score (nSPS) is 12.7. The number of aryl methyl sites for hydroxylation is 1. The highest BCUT2D eigenvalue weighted by atomic mass is 16.3. The molecule has 0 aromatic carbocycles. The molecule has 0 aliphatic rings. The number of aromatic nitrogens is 4. The third kappa shape index (κ3) is 2.37. The van der Waals surface area contributed by atoms with Gasteiger partial charge in [0, 0.05) is 35.3 Å². The summed E-state index contributed by atoms with van der Waals surface area (Å²) in [5.41, 5.74) is 5.02. The number of aliphatic hydroxyl groups excluding tert-OH is 1. The summed E-state index contributed by atoms with van der Waals surface area (Å²) in [4.78, 5) is 4.33. The smallest absolute Gasteiger partial charge is 0.160 e. The van der Waals surface area contributed by atoms with Gasteiger partial charge in [0.25, 0.3) is 0 Å². The Balaban J connectivity index is 2.19. The Bertz CT molecular complexity index is 810. The van der Waals surface area contributed by atoms with Gasteiger partial charge in [-0.3, -0.25) is 9.38 Å². The molecule has 0 bridgehead atoms. The molecule has 5 heteroatoms. The molecule has 0 aliphatic heterocycles. The van der Waals surface area contributed by atoms with Crippen molar-refractivity contribution >= 4 is 5.65 Å². The van der Waals surface area contributed by atoms with Crippen molar-refractivity contribution in [3.8, 4) is 11.1 Å². The third-order valence-electron chi connectivity index (χ3n) is 4.07. The largest absolute Gasteiger partial charge is 0.388 e. The van der Waals surface area contributed by atoms with Gasteiger partial charge in [0.2, 0.25) is 0 Å².